The number of carboxylic acids is 1. The molecule has 8 heteroatoms. The number of nitrogens with zero attached hydrogens (tertiary/aromatic N) is 1. The Kier molecular flexibility index (Phi) is 4.42. The predicted octanol–water partition coefficient (Wildman–Crippen LogP) is 3.10. The Hall–Kier alpha value is -1.44. The largest absolute Gasteiger partial charge is 0.477 e. The molecule has 0 bridgehead atoms. The third-order valence-electron chi connectivity index (χ3n) is 2.54. The van der Waals surface area contributed by atoms with E-state index in [4.69, 9.17) is 16.7 Å². The number of rotatable bonds is 4. The molecule has 0 unspecified atom stereocenters. The second-order valence-corrected chi connectivity index (χ2v) is 6.41. The fourth-order valence-corrected chi connectivity index (χ4v) is 3.58. The zero-order chi connectivity index (χ0) is 14.9. The van der Waals surface area contributed by atoms with Crippen molar-refractivity contribution in [3.63, 3.8) is 0 Å². The summed E-state index contributed by atoms with van der Waals surface area (Å²) in [4.78, 5) is 27.6. The fourth-order valence-electron chi connectivity index (χ4n) is 1.55. The van der Waals surface area contributed by atoms with Crippen LogP contribution in [-0.2, 0) is 6.54 Å². The van der Waals surface area contributed by atoms with E-state index < -0.39 is 5.97 Å². The average Bonchev–Trinajstić information content (AvgIpc) is 2.91. The van der Waals surface area contributed by atoms with E-state index in [1.165, 1.54) is 11.3 Å². The van der Waals surface area contributed by atoms with Crippen molar-refractivity contribution in [1.29, 1.82) is 0 Å². The zero-order valence-electron chi connectivity index (χ0n) is 10.7. The minimum atomic E-state index is -1.01. The number of carbonyl (C=O) groups is 2. The van der Waals surface area contributed by atoms with Crippen LogP contribution in [0.4, 0.5) is 0 Å². The lowest BCUT2D eigenvalue weighted by Gasteiger charge is -2.01. The Morgan fingerprint density at radius 2 is 2.10 bits per heavy atom. The minimum absolute atomic E-state index is 0.185. The van der Waals surface area contributed by atoms with Crippen LogP contribution in [0.3, 0.4) is 0 Å². The molecule has 0 aromatic carbocycles. The molecular formula is C12H11ClN2O3S2. The molecule has 2 aromatic rings. The first-order chi connectivity index (χ1) is 9.40. The number of aromatic nitrogens is 1. The van der Waals surface area contributed by atoms with Gasteiger partial charge in [-0.15, -0.1) is 22.7 Å². The summed E-state index contributed by atoms with van der Waals surface area (Å²) in [6.07, 6.45) is 0. The number of nitrogens with one attached hydrogen (secondary N) is 1. The third-order valence-corrected chi connectivity index (χ3v) is 5.38. The molecule has 0 spiro atoms. The van der Waals surface area contributed by atoms with Gasteiger partial charge in [-0.25, -0.2) is 9.78 Å². The molecule has 2 N–H and O–H groups in total. The Balaban J connectivity index is 2.05. The number of amides is 1. The number of hydrogen-bond acceptors (Lipinski definition) is 5. The topological polar surface area (TPSA) is 79.3 Å². The highest BCUT2D eigenvalue weighted by Crippen LogP contribution is 2.27. The van der Waals surface area contributed by atoms with E-state index in [1.807, 2.05) is 12.3 Å². The molecular weight excluding hydrogens is 320 g/mol. The second-order valence-electron chi connectivity index (χ2n) is 4.07. The van der Waals surface area contributed by atoms with Gasteiger partial charge >= 0.3 is 5.97 Å². The lowest BCUT2D eigenvalue weighted by molar-refractivity contribution is 0.0701. The van der Waals surface area contributed by atoms with Crippen molar-refractivity contribution < 1.29 is 14.7 Å². The third kappa shape index (κ3) is 3.00. The monoisotopic (exact) mass is 330 g/mol. The highest BCUT2D eigenvalue weighted by molar-refractivity contribution is 7.13. The molecule has 5 nitrogen and oxygen atoms in total. The number of aryl methyl sites for hydroxylation is 2. The van der Waals surface area contributed by atoms with Crippen LogP contribution in [0.15, 0.2) is 5.38 Å². The van der Waals surface area contributed by atoms with Crippen molar-refractivity contribution in [1.82, 2.24) is 10.3 Å². The number of thiophene rings is 1. The number of thiazole rings is 1. The van der Waals surface area contributed by atoms with E-state index in [0.29, 0.717) is 20.6 Å². The molecule has 1 amide bonds. The number of carbonyl (C=O) groups excluding carboxylic acids is 1. The predicted molar refractivity (Wildman–Crippen MR) is 79.0 cm³/mol. The van der Waals surface area contributed by atoms with E-state index in [1.54, 1.807) is 6.92 Å². The van der Waals surface area contributed by atoms with Crippen molar-refractivity contribution in [2.45, 2.75) is 20.4 Å². The van der Waals surface area contributed by atoms with Gasteiger partial charge in [-0.05, 0) is 24.8 Å². The van der Waals surface area contributed by atoms with Gasteiger partial charge in [-0.1, -0.05) is 11.6 Å². The molecule has 0 saturated carbocycles. The maximum absolute atomic E-state index is 12.0. The molecule has 0 saturated heterocycles. The fraction of sp³-hybridized carbons (Fsp3) is 0.250. The first kappa shape index (κ1) is 15.0. The SMILES string of the molecule is Cc1csc(C(=O)NCc2nc(C)c(C(=O)O)s2)c1Cl. The molecule has 0 aliphatic carbocycles. The number of hydrogen-bond donors (Lipinski definition) is 2. The van der Waals surface area contributed by atoms with Crippen molar-refractivity contribution >= 4 is 46.2 Å². The number of aromatic carboxylic acids is 1. The first-order valence-corrected chi connectivity index (χ1v) is 7.69. The molecule has 2 aromatic heterocycles. The van der Waals surface area contributed by atoms with Crippen LogP contribution in [0.1, 0.15) is 35.6 Å². The molecule has 2 heterocycles. The summed E-state index contributed by atoms with van der Waals surface area (Å²) in [5.41, 5.74) is 1.32. The van der Waals surface area contributed by atoms with E-state index in [-0.39, 0.29) is 17.3 Å². The lowest BCUT2D eigenvalue weighted by Crippen LogP contribution is -2.22. The Morgan fingerprint density at radius 1 is 1.40 bits per heavy atom. The maximum Gasteiger partial charge on any atom is 0.347 e. The smallest absolute Gasteiger partial charge is 0.347 e. The van der Waals surface area contributed by atoms with Crippen molar-refractivity contribution in [2.24, 2.45) is 0 Å². The lowest BCUT2D eigenvalue weighted by atomic mass is 10.3. The van der Waals surface area contributed by atoms with E-state index in [9.17, 15) is 9.59 Å². The van der Waals surface area contributed by atoms with Crippen LogP contribution in [0.25, 0.3) is 0 Å². The summed E-state index contributed by atoms with van der Waals surface area (Å²) in [5, 5.41) is 14.5. The van der Waals surface area contributed by atoms with Gasteiger partial charge in [0.25, 0.3) is 5.91 Å². The first-order valence-electron chi connectivity index (χ1n) is 5.61. The van der Waals surface area contributed by atoms with Crippen LogP contribution in [0.2, 0.25) is 5.02 Å². The standard InChI is InChI=1S/C12H11ClN2O3S2/c1-5-4-19-10(8(5)13)11(16)14-3-7-15-6(2)9(20-7)12(17)18/h4H,3H2,1-2H3,(H,14,16)(H,17,18). The van der Waals surface area contributed by atoms with Gasteiger partial charge in [0.2, 0.25) is 0 Å². The Labute approximate surface area is 128 Å². The number of halogens is 1. The zero-order valence-corrected chi connectivity index (χ0v) is 13.1. The van der Waals surface area contributed by atoms with Crippen LogP contribution in [0, 0.1) is 13.8 Å². The second kappa shape index (κ2) is 5.90. The molecule has 0 aliphatic heterocycles. The molecule has 106 valence electrons. The Morgan fingerprint density at radius 3 is 2.60 bits per heavy atom. The molecule has 0 aliphatic rings. The van der Waals surface area contributed by atoms with Crippen molar-refractivity contribution in [3.05, 3.63) is 36.4 Å². The number of carboxylic acid groups (broad SMARTS) is 1. The quantitative estimate of drug-likeness (QED) is 0.902. The summed E-state index contributed by atoms with van der Waals surface area (Å²) in [5.74, 6) is -1.28. The van der Waals surface area contributed by atoms with Gasteiger partial charge in [0.1, 0.15) is 14.8 Å². The minimum Gasteiger partial charge on any atom is -0.477 e. The van der Waals surface area contributed by atoms with Gasteiger partial charge in [0, 0.05) is 0 Å². The van der Waals surface area contributed by atoms with E-state index >= 15 is 0 Å². The van der Waals surface area contributed by atoms with Gasteiger partial charge < -0.3 is 10.4 Å². The van der Waals surface area contributed by atoms with Crippen molar-refractivity contribution in [3.8, 4) is 0 Å². The van der Waals surface area contributed by atoms with Crippen LogP contribution in [0.5, 0.6) is 0 Å². The highest BCUT2D eigenvalue weighted by Gasteiger charge is 2.17. The summed E-state index contributed by atoms with van der Waals surface area (Å²) >= 11 is 8.35. The molecule has 2 rings (SSSR count). The average molecular weight is 331 g/mol. The highest BCUT2D eigenvalue weighted by atomic mass is 35.5. The summed E-state index contributed by atoms with van der Waals surface area (Å²) in [7, 11) is 0. The summed E-state index contributed by atoms with van der Waals surface area (Å²) < 4.78 is 0. The molecule has 0 atom stereocenters. The van der Waals surface area contributed by atoms with Crippen molar-refractivity contribution in [2.75, 3.05) is 0 Å². The summed E-state index contributed by atoms with van der Waals surface area (Å²) in [6.45, 7) is 3.65. The van der Waals surface area contributed by atoms with Crippen LogP contribution in [-0.4, -0.2) is 22.0 Å². The molecule has 20 heavy (non-hydrogen) atoms. The van der Waals surface area contributed by atoms with Gasteiger partial charge in [0.15, 0.2) is 0 Å². The molecule has 0 radical (unpaired) electrons. The Bertz CT molecular complexity index is 678. The van der Waals surface area contributed by atoms with E-state index in [2.05, 4.69) is 10.3 Å². The normalized spacial score (nSPS) is 10.6. The van der Waals surface area contributed by atoms with Gasteiger partial charge in [0.05, 0.1) is 17.3 Å². The molecule has 0 fully saturated rings. The van der Waals surface area contributed by atoms with Gasteiger partial charge in [-0.2, -0.15) is 0 Å². The van der Waals surface area contributed by atoms with E-state index in [0.717, 1.165) is 16.9 Å². The maximum atomic E-state index is 12.0. The summed E-state index contributed by atoms with van der Waals surface area (Å²) in [6, 6.07) is 0. The van der Waals surface area contributed by atoms with Gasteiger partial charge in [-0.3, -0.25) is 4.79 Å². The van der Waals surface area contributed by atoms with Crippen LogP contribution < -0.4 is 5.32 Å². The van der Waals surface area contributed by atoms with Crippen LogP contribution >= 0.6 is 34.3 Å².